The molecule has 0 saturated heterocycles. The zero-order valence-corrected chi connectivity index (χ0v) is 25.2. The lowest BCUT2D eigenvalue weighted by Crippen LogP contribution is -2.26. The number of methoxy groups -OCH3 is 1. The van der Waals surface area contributed by atoms with Crippen LogP contribution in [-0.2, 0) is 22.5 Å². The van der Waals surface area contributed by atoms with Gasteiger partial charge in [0.2, 0.25) is 0 Å². The number of aryl methyl sites for hydroxylation is 2. The van der Waals surface area contributed by atoms with E-state index in [9.17, 15) is 9.90 Å². The van der Waals surface area contributed by atoms with Gasteiger partial charge in [0.25, 0.3) is 0 Å². The first-order valence-electron chi connectivity index (χ1n) is 14.7. The molecular weight excluding hydrogens is 547 g/mol. The van der Waals surface area contributed by atoms with Crippen LogP contribution in [-0.4, -0.2) is 40.2 Å². The Morgan fingerprint density at radius 3 is 2.63 bits per heavy atom. The van der Waals surface area contributed by atoms with Crippen molar-refractivity contribution in [1.82, 2.24) is 9.78 Å². The monoisotopic (exact) mass is 584 g/mol. The zero-order chi connectivity index (χ0) is 30.5. The fraction of sp³-hybridized carbons (Fsp3) is 0.371. The highest BCUT2D eigenvalue weighted by Gasteiger charge is 2.32. The molecule has 1 aliphatic carbocycles. The molecule has 7 nitrogen and oxygen atoms in total. The summed E-state index contributed by atoms with van der Waals surface area (Å²) < 4.78 is 34.2. The molecule has 1 aliphatic heterocycles. The lowest BCUT2D eigenvalue weighted by atomic mass is 9.88. The van der Waals surface area contributed by atoms with Gasteiger partial charge >= 0.3 is 5.97 Å². The number of fused-ring (bicyclic) bond motifs is 2. The van der Waals surface area contributed by atoms with Crippen LogP contribution in [0.2, 0.25) is 0 Å². The van der Waals surface area contributed by atoms with Crippen molar-refractivity contribution in [2.45, 2.75) is 71.1 Å². The van der Waals surface area contributed by atoms with E-state index in [1.165, 1.54) is 7.11 Å². The Morgan fingerprint density at radius 2 is 1.91 bits per heavy atom. The molecule has 43 heavy (non-hydrogen) atoms. The fourth-order valence-electron chi connectivity index (χ4n) is 6.52. The second-order valence-electron chi connectivity index (χ2n) is 12.3. The molecule has 0 fully saturated rings. The third-order valence-electron chi connectivity index (χ3n) is 8.38. The fourth-order valence-corrected chi connectivity index (χ4v) is 6.52. The molecule has 8 heteroatoms. The van der Waals surface area contributed by atoms with Crippen LogP contribution >= 0.6 is 0 Å². The lowest BCUT2D eigenvalue weighted by Gasteiger charge is -2.19. The molecule has 0 radical (unpaired) electrons. The first kappa shape index (κ1) is 28.9. The van der Waals surface area contributed by atoms with Crippen LogP contribution in [0.3, 0.4) is 0 Å². The Bertz CT molecular complexity index is 1680. The first-order chi connectivity index (χ1) is 20.5. The predicted octanol–water partition coefficient (Wildman–Crippen LogP) is 6.85. The maximum atomic E-state index is 15.4. The molecule has 4 aromatic rings. The van der Waals surface area contributed by atoms with E-state index in [0.29, 0.717) is 43.1 Å². The summed E-state index contributed by atoms with van der Waals surface area (Å²) in [5.74, 6) is 0.722. The highest BCUT2D eigenvalue weighted by molar-refractivity contribution is 5.79. The van der Waals surface area contributed by atoms with E-state index in [4.69, 9.17) is 14.2 Å². The number of hydrogen-bond donors (Lipinski definition) is 1. The van der Waals surface area contributed by atoms with Gasteiger partial charge in [-0.05, 0) is 86.1 Å². The van der Waals surface area contributed by atoms with E-state index in [1.54, 1.807) is 24.6 Å². The van der Waals surface area contributed by atoms with E-state index < -0.39 is 11.7 Å². The lowest BCUT2D eigenvalue weighted by molar-refractivity contribution is -0.141. The van der Waals surface area contributed by atoms with Gasteiger partial charge in [-0.15, -0.1) is 0 Å². The first-order valence-corrected chi connectivity index (χ1v) is 14.7. The normalized spacial score (nSPS) is 17.4. The summed E-state index contributed by atoms with van der Waals surface area (Å²) in [6, 6.07) is 13.4. The van der Waals surface area contributed by atoms with Crippen molar-refractivity contribution in [3.05, 3.63) is 88.5 Å². The summed E-state index contributed by atoms with van der Waals surface area (Å²) in [7, 11) is 1.38. The number of halogens is 1. The SMILES string of the molecule is COC(=O)C[C@@H]1COc2cc(O[C@@H]3CCc4c(-c5c(C)cc(-c6cnn(CC(C)(C)O)c6)cc5C)ccc(F)c43)ccc21. The number of carbonyl (C=O) groups is 1. The molecular formula is C35H37FN2O5. The van der Waals surface area contributed by atoms with Gasteiger partial charge in [0, 0.05) is 34.9 Å². The number of benzene rings is 3. The van der Waals surface area contributed by atoms with Crippen molar-refractivity contribution in [1.29, 1.82) is 0 Å². The molecule has 0 unspecified atom stereocenters. The van der Waals surface area contributed by atoms with E-state index >= 15 is 4.39 Å². The third kappa shape index (κ3) is 5.76. The number of aromatic nitrogens is 2. The largest absolute Gasteiger partial charge is 0.492 e. The summed E-state index contributed by atoms with van der Waals surface area (Å²) in [5, 5.41) is 14.6. The van der Waals surface area contributed by atoms with Gasteiger partial charge in [-0.3, -0.25) is 9.48 Å². The minimum absolute atomic E-state index is 0.0505. The average Bonchev–Trinajstić information content (AvgIpc) is 3.68. The second-order valence-corrected chi connectivity index (χ2v) is 12.3. The number of aliphatic hydroxyl groups is 1. The molecule has 0 spiro atoms. The molecule has 0 bridgehead atoms. The molecule has 1 N–H and O–H groups in total. The summed E-state index contributed by atoms with van der Waals surface area (Å²) in [5.41, 5.74) is 8.06. The number of hydrogen-bond acceptors (Lipinski definition) is 6. The van der Waals surface area contributed by atoms with E-state index in [2.05, 4.69) is 31.1 Å². The van der Waals surface area contributed by atoms with E-state index in [1.807, 2.05) is 36.7 Å². The summed E-state index contributed by atoms with van der Waals surface area (Å²) in [4.78, 5) is 11.8. The Morgan fingerprint density at radius 1 is 1.14 bits per heavy atom. The molecule has 2 heterocycles. The molecule has 1 aromatic heterocycles. The highest BCUT2D eigenvalue weighted by Crippen LogP contribution is 2.45. The van der Waals surface area contributed by atoms with Crippen molar-refractivity contribution >= 4 is 5.97 Å². The molecule has 2 atom stereocenters. The van der Waals surface area contributed by atoms with Crippen LogP contribution < -0.4 is 9.47 Å². The Hall–Kier alpha value is -4.17. The molecule has 0 saturated carbocycles. The van der Waals surface area contributed by atoms with Crippen LogP contribution in [0, 0.1) is 19.7 Å². The van der Waals surface area contributed by atoms with Crippen molar-refractivity contribution in [3.8, 4) is 33.8 Å². The van der Waals surface area contributed by atoms with Crippen molar-refractivity contribution in [2.75, 3.05) is 13.7 Å². The van der Waals surface area contributed by atoms with Gasteiger partial charge in [-0.25, -0.2) is 4.39 Å². The van der Waals surface area contributed by atoms with Gasteiger partial charge in [0.1, 0.15) is 23.4 Å². The van der Waals surface area contributed by atoms with Crippen molar-refractivity contribution < 1.29 is 28.5 Å². The summed E-state index contributed by atoms with van der Waals surface area (Å²) in [6.07, 6.45) is 5.00. The number of nitrogens with zero attached hydrogens (tertiary/aromatic N) is 2. The molecule has 0 amide bonds. The summed E-state index contributed by atoms with van der Waals surface area (Å²) in [6.45, 7) is 8.52. The van der Waals surface area contributed by atoms with E-state index in [0.717, 1.165) is 44.5 Å². The number of carbonyl (C=O) groups excluding carboxylic acids is 1. The van der Waals surface area contributed by atoms with Crippen LogP contribution in [0.1, 0.15) is 66.5 Å². The van der Waals surface area contributed by atoms with Crippen molar-refractivity contribution in [2.24, 2.45) is 0 Å². The quantitative estimate of drug-likeness (QED) is 0.228. The second kappa shape index (κ2) is 11.2. The topological polar surface area (TPSA) is 82.8 Å². The van der Waals surface area contributed by atoms with Crippen molar-refractivity contribution in [3.63, 3.8) is 0 Å². The Labute approximate surface area is 251 Å². The molecule has 3 aromatic carbocycles. The smallest absolute Gasteiger partial charge is 0.306 e. The maximum absolute atomic E-state index is 15.4. The highest BCUT2D eigenvalue weighted by atomic mass is 19.1. The zero-order valence-electron chi connectivity index (χ0n) is 25.2. The third-order valence-corrected chi connectivity index (χ3v) is 8.38. The molecule has 2 aliphatic rings. The molecule has 6 rings (SSSR count). The van der Waals surface area contributed by atoms with Crippen LogP contribution in [0.4, 0.5) is 4.39 Å². The minimum Gasteiger partial charge on any atom is -0.492 e. The minimum atomic E-state index is -0.855. The van der Waals surface area contributed by atoms with Gasteiger partial charge in [0.05, 0.1) is 38.5 Å². The van der Waals surface area contributed by atoms with E-state index in [-0.39, 0.29) is 24.1 Å². The van der Waals surface area contributed by atoms with Gasteiger partial charge < -0.3 is 19.3 Å². The number of ether oxygens (including phenoxy) is 3. The van der Waals surface area contributed by atoms with Crippen LogP contribution in [0.5, 0.6) is 11.5 Å². The number of esters is 1. The number of rotatable bonds is 8. The van der Waals surface area contributed by atoms with Gasteiger partial charge in [-0.1, -0.05) is 24.3 Å². The maximum Gasteiger partial charge on any atom is 0.306 e. The van der Waals surface area contributed by atoms with Crippen LogP contribution in [0.15, 0.2) is 54.9 Å². The summed E-state index contributed by atoms with van der Waals surface area (Å²) >= 11 is 0. The average molecular weight is 585 g/mol. The van der Waals surface area contributed by atoms with Crippen LogP contribution in [0.25, 0.3) is 22.3 Å². The Kier molecular flexibility index (Phi) is 7.50. The standard InChI is InChI=1S/C35H37FN2O5/c1-20-12-22(24-16-37-38(17-24)19-35(3,4)40)13-21(2)33(20)27-8-10-29(36)34-28(27)9-11-30(34)43-25-6-7-26-23(14-32(39)41-5)18-42-31(26)15-25/h6-8,10,12-13,15-17,23,30,40H,9,11,14,18-19H2,1-5H3/t23-,30-/m1/s1. The molecule has 224 valence electrons. The predicted molar refractivity (Wildman–Crippen MR) is 162 cm³/mol. The Balaban J connectivity index is 1.26. The van der Waals surface area contributed by atoms with Gasteiger partial charge in [-0.2, -0.15) is 5.10 Å². The van der Waals surface area contributed by atoms with Gasteiger partial charge in [0.15, 0.2) is 0 Å².